The van der Waals surface area contributed by atoms with Gasteiger partial charge in [0.25, 0.3) is 6.23 Å². The highest BCUT2D eigenvalue weighted by atomic mass is 35.5. The van der Waals surface area contributed by atoms with Crippen LogP contribution in [0.25, 0.3) is 0 Å². The lowest BCUT2D eigenvalue weighted by Gasteiger charge is -2.34. The van der Waals surface area contributed by atoms with Gasteiger partial charge in [-0.05, 0) is 13.8 Å². The fourth-order valence-electron chi connectivity index (χ4n) is 1.11. The van der Waals surface area contributed by atoms with Crippen LogP contribution in [-0.2, 0) is 9.53 Å². The van der Waals surface area contributed by atoms with Gasteiger partial charge in [0, 0.05) is 5.57 Å². The Morgan fingerprint density at radius 1 is 1.40 bits per heavy atom. The molecule has 0 bridgehead atoms. The molecule has 0 aliphatic carbocycles. The van der Waals surface area contributed by atoms with Gasteiger partial charge in [0.2, 0.25) is 0 Å². The van der Waals surface area contributed by atoms with E-state index in [9.17, 15) is 9.90 Å². The van der Waals surface area contributed by atoms with E-state index in [1.165, 1.54) is 0 Å². The van der Waals surface area contributed by atoms with Crippen molar-refractivity contribution in [3.63, 3.8) is 0 Å². The summed E-state index contributed by atoms with van der Waals surface area (Å²) in [6, 6.07) is 0. The van der Waals surface area contributed by atoms with Crippen molar-refractivity contribution in [2.75, 3.05) is 21.1 Å². The number of aliphatic hydroxyl groups is 1. The molecule has 4 nitrogen and oxygen atoms in total. The summed E-state index contributed by atoms with van der Waals surface area (Å²) in [7, 11) is 5.55. The number of rotatable bonds is 4. The van der Waals surface area contributed by atoms with E-state index >= 15 is 0 Å². The summed E-state index contributed by atoms with van der Waals surface area (Å²) < 4.78 is 5.48. The third-order valence-corrected chi connectivity index (χ3v) is 1.75. The first-order valence-corrected chi connectivity index (χ1v) is 4.52. The first-order valence-electron chi connectivity index (χ1n) is 4.52. The first kappa shape index (κ1) is 16.8. The van der Waals surface area contributed by atoms with Crippen molar-refractivity contribution in [3.05, 3.63) is 12.2 Å². The molecule has 1 N–H and O–H groups in total. The number of hydrogen-bond donors (Lipinski definition) is 1. The van der Waals surface area contributed by atoms with Gasteiger partial charge in [-0.25, -0.2) is 4.79 Å². The van der Waals surface area contributed by atoms with Gasteiger partial charge in [-0.3, -0.25) is 4.48 Å². The van der Waals surface area contributed by atoms with Crippen LogP contribution in [0, 0.1) is 0 Å². The molecule has 90 valence electrons. The lowest BCUT2D eigenvalue weighted by molar-refractivity contribution is -0.920. The lowest BCUT2D eigenvalue weighted by atomic mass is 10.3. The molecular weight excluding hydrogens is 218 g/mol. The zero-order chi connectivity index (χ0) is 11.5. The van der Waals surface area contributed by atoms with Gasteiger partial charge in [-0.2, -0.15) is 0 Å². The Labute approximate surface area is 97.5 Å². The Hall–Kier alpha value is -0.580. The average molecular weight is 239 g/mol. The van der Waals surface area contributed by atoms with Gasteiger partial charge in [0.1, 0.15) is 6.10 Å². The predicted molar refractivity (Wildman–Crippen MR) is 61.7 cm³/mol. The normalized spacial score (nSPS) is 14.8. The van der Waals surface area contributed by atoms with Crippen LogP contribution < -0.4 is 0 Å². The Morgan fingerprint density at radius 2 is 1.80 bits per heavy atom. The second-order valence-electron chi connectivity index (χ2n) is 4.43. The molecule has 0 aliphatic rings. The molecule has 0 saturated heterocycles. The first-order chi connectivity index (χ1) is 6.16. The van der Waals surface area contributed by atoms with Gasteiger partial charge in [-0.15, -0.1) is 12.4 Å². The van der Waals surface area contributed by atoms with E-state index in [0.29, 0.717) is 10.1 Å². The van der Waals surface area contributed by atoms with Gasteiger partial charge in [0.05, 0.1) is 21.1 Å². The molecule has 2 unspecified atom stereocenters. The van der Waals surface area contributed by atoms with Crippen molar-refractivity contribution in [2.24, 2.45) is 0 Å². The molecule has 5 heteroatoms. The number of likely N-dealkylation sites (N-methyl/N-ethyl adjacent to an activating group) is 1. The molecule has 0 amide bonds. The Balaban J connectivity index is 0. The molecule has 0 aromatic heterocycles. The van der Waals surface area contributed by atoms with E-state index in [2.05, 4.69) is 6.58 Å². The summed E-state index contributed by atoms with van der Waals surface area (Å²) in [6.07, 6.45) is -1.28. The summed E-state index contributed by atoms with van der Waals surface area (Å²) in [5, 5.41) is 9.46. The van der Waals surface area contributed by atoms with Gasteiger partial charge >= 0.3 is 5.97 Å². The third kappa shape index (κ3) is 5.77. The summed E-state index contributed by atoms with van der Waals surface area (Å²) in [6.45, 7) is 6.66. The van der Waals surface area contributed by atoms with Crippen LogP contribution in [0.4, 0.5) is 0 Å². The van der Waals surface area contributed by atoms with E-state index in [1.807, 2.05) is 21.1 Å². The highest BCUT2D eigenvalue weighted by Gasteiger charge is 2.32. The van der Waals surface area contributed by atoms with Crippen LogP contribution in [0.2, 0.25) is 0 Å². The Kier molecular flexibility index (Phi) is 6.85. The number of carbonyl (C=O) groups is 1. The van der Waals surface area contributed by atoms with E-state index < -0.39 is 18.3 Å². The number of halogens is 1. The molecule has 2 atom stereocenters. The van der Waals surface area contributed by atoms with E-state index in [0.717, 1.165) is 0 Å². The topological polar surface area (TPSA) is 46.5 Å². The highest BCUT2D eigenvalue weighted by Crippen LogP contribution is 2.11. The van der Waals surface area contributed by atoms with Crippen LogP contribution in [0.3, 0.4) is 0 Å². The summed E-state index contributed by atoms with van der Waals surface area (Å²) in [5.41, 5.74) is 0.337. The molecule has 0 radical (unpaired) electrons. The maximum absolute atomic E-state index is 11.3. The number of carbonyl (C=O) groups excluding carboxylic acids is 1. The number of hydrogen-bond acceptors (Lipinski definition) is 3. The Morgan fingerprint density at radius 3 is 2.00 bits per heavy atom. The lowest BCUT2D eigenvalue weighted by Crippen LogP contribution is -2.53. The molecule has 0 aliphatic heterocycles. The monoisotopic (exact) mass is 238 g/mol. The van der Waals surface area contributed by atoms with Crippen molar-refractivity contribution in [1.82, 2.24) is 0 Å². The van der Waals surface area contributed by atoms with Crippen molar-refractivity contribution in [3.8, 4) is 0 Å². The number of ether oxygens (including phenoxy) is 1. The standard InChI is InChI=1S/C10H20NO3.ClH/c1-7(2)10(13)14-9(8(3)12)11(4,5)6;/h8-9,12H,1H2,2-6H3;1H/q+1;. The highest BCUT2D eigenvalue weighted by molar-refractivity contribution is 5.87. The van der Waals surface area contributed by atoms with Crippen molar-refractivity contribution in [1.29, 1.82) is 0 Å². The zero-order valence-electron chi connectivity index (χ0n) is 9.98. The quantitative estimate of drug-likeness (QED) is 0.343. The zero-order valence-corrected chi connectivity index (χ0v) is 10.8. The van der Waals surface area contributed by atoms with Crippen LogP contribution in [0.5, 0.6) is 0 Å². The molecule has 15 heavy (non-hydrogen) atoms. The van der Waals surface area contributed by atoms with Crippen molar-refractivity contribution >= 4 is 18.4 Å². The van der Waals surface area contributed by atoms with Crippen molar-refractivity contribution < 1.29 is 19.1 Å². The molecule has 0 fully saturated rings. The maximum atomic E-state index is 11.3. The van der Waals surface area contributed by atoms with E-state index in [-0.39, 0.29) is 12.4 Å². The second kappa shape index (κ2) is 6.10. The molecule has 0 rings (SSSR count). The SMILES string of the molecule is C=C(C)C(=O)OC(C(C)O)[N+](C)(C)C.Cl. The van der Waals surface area contributed by atoms with Crippen molar-refractivity contribution in [2.45, 2.75) is 26.2 Å². The molecule has 0 aromatic carbocycles. The smallest absolute Gasteiger partial charge is 0.337 e. The van der Waals surface area contributed by atoms with E-state index in [4.69, 9.17) is 4.74 Å². The fraction of sp³-hybridized carbons (Fsp3) is 0.700. The minimum absolute atomic E-state index is 0. The minimum Gasteiger partial charge on any atom is -0.406 e. The third-order valence-electron chi connectivity index (χ3n) is 1.75. The summed E-state index contributed by atoms with van der Waals surface area (Å²) in [4.78, 5) is 11.3. The number of esters is 1. The van der Waals surface area contributed by atoms with Gasteiger partial charge < -0.3 is 9.84 Å². The number of aliphatic hydroxyl groups excluding tert-OH is 1. The molecular formula is C10H21ClNO3+. The maximum Gasteiger partial charge on any atom is 0.337 e. The number of quaternary nitrogens is 1. The second-order valence-corrected chi connectivity index (χ2v) is 4.43. The number of nitrogens with zero attached hydrogens (tertiary/aromatic N) is 1. The molecule has 0 aromatic rings. The fourth-order valence-corrected chi connectivity index (χ4v) is 1.11. The summed E-state index contributed by atoms with van der Waals surface area (Å²) >= 11 is 0. The molecule has 0 heterocycles. The largest absolute Gasteiger partial charge is 0.406 e. The van der Waals surface area contributed by atoms with E-state index in [1.54, 1.807) is 13.8 Å². The molecule has 0 saturated carbocycles. The average Bonchev–Trinajstić information content (AvgIpc) is 1.96. The van der Waals surface area contributed by atoms with Gasteiger partial charge in [0.15, 0.2) is 0 Å². The van der Waals surface area contributed by atoms with Gasteiger partial charge in [-0.1, -0.05) is 6.58 Å². The summed E-state index contributed by atoms with van der Waals surface area (Å²) in [5.74, 6) is -0.469. The van der Waals surface area contributed by atoms with Crippen LogP contribution in [0.15, 0.2) is 12.2 Å². The van der Waals surface area contributed by atoms with Crippen LogP contribution in [-0.4, -0.2) is 49.0 Å². The Bertz CT molecular complexity index is 233. The predicted octanol–water partition coefficient (Wildman–Crippen LogP) is 0.941. The van der Waals surface area contributed by atoms with Crippen LogP contribution in [0.1, 0.15) is 13.8 Å². The molecule has 0 spiro atoms. The van der Waals surface area contributed by atoms with Crippen LogP contribution >= 0.6 is 12.4 Å². The minimum atomic E-state index is -0.710.